The molecule has 0 atom stereocenters. The Morgan fingerprint density at radius 2 is 2.00 bits per heavy atom. The van der Waals surface area contributed by atoms with Crippen molar-refractivity contribution in [2.24, 2.45) is 11.7 Å². The van der Waals surface area contributed by atoms with Crippen molar-refractivity contribution < 1.29 is 14.3 Å². The van der Waals surface area contributed by atoms with Crippen molar-refractivity contribution >= 4 is 11.7 Å². The Morgan fingerprint density at radius 3 is 2.62 bits per heavy atom. The molecular formula is C12H13NO3. The lowest BCUT2D eigenvalue weighted by Crippen LogP contribution is -2.17. The van der Waals surface area contributed by atoms with Crippen molar-refractivity contribution in [3.8, 4) is 5.75 Å². The summed E-state index contributed by atoms with van der Waals surface area (Å²) in [5.74, 6) is 0.0958. The van der Waals surface area contributed by atoms with Crippen LogP contribution in [0.5, 0.6) is 5.75 Å². The maximum atomic E-state index is 11.4. The number of primary amides is 1. The molecule has 1 fully saturated rings. The van der Waals surface area contributed by atoms with Crippen LogP contribution in [0.3, 0.4) is 0 Å². The van der Waals surface area contributed by atoms with Crippen LogP contribution in [0.25, 0.3) is 0 Å². The average molecular weight is 219 g/mol. The van der Waals surface area contributed by atoms with Gasteiger partial charge in [0.05, 0.1) is 5.56 Å². The number of ketones is 1. The zero-order valence-corrected chi connectivity index (χ0v) is 8.81. The van der Waals surface area contributed by atoms with Crippen molar-refractivity contribution in [2.45, 2.75) is 12.8 Å². The minimum absolute atomic E-state index is 0.0228. The van der Waals surface area contributed by atoms with Crippen LogP contribution >= 0.6 is 0 Å². The topological polar surface area (TPSA) is 69.4 Å². The van der Waals surface area contributed by atoms with Crippen LogP contribution in [0.15, 0.2) is 24.3 Å². The summed E-state index contributed by atoms with van der Waals surface area (Å²) in [5.41, 5.74) is 5.50. The second kappa shape index (κ2) is 4.35. The first-order valence-corrected chi connectivity index (χ1v) is 5.23. The maximum Gasteiger partial charge on any atom is 0.252 e. The Kier molecular flexibility index (Phi) is 2.90. The fourth-order valence-corrected chi connectivity index (χ4v) is 1.47. The number of carbonyl (C=O) groups excluding carboxylic acids is 2. The standard InChI is InChI=1S/C12H13NO3/c13-12(15)9-3-1-2-4-11(9)16-7-10(14)8-5-6-8/h1-4,8H,5-7H2,(H2,13,15). The van der Waals surface area contributed by atoms with Crippen molar-refractivity contribution in [3.63, 3.8) is 0 Å². The predicted molar refractivity (Wildman–Crippen MR) is 58.2 cm³/mol. The number of para-hydroxylation sites is 1. The fraction of sp³-hybridized carbons (Fsp3) is 0.333. The molecule has 1 aromatic carbocycles. The van der Waals surface area contributed by atoms with Gasteiger partial charge in [0, 0.05) is 5.92 Å². The maximum absolute atomic E-state index is 11.4. The molecule has 84 valence electrons. The summed E-state index contributed by atoms with van der Waals surface area (Å²) in [6, 6.07) is 6.67. The van der Waals surface area contributed by atoms with E-state index in [0.717, 1.165) is 12.8 Å². The summed E-state index contributed by atoms with van der Waals surface area (Å²) in [7, 11) is 0. The second-order valence-electron chi connectivity index (χ2n) is 3.89. The number of hydrogen-bond donors (Lipinski definition) is 1. The molecule has 2 N–H and O–H groups in total. The van der Waals surface area contributed by atoms with Crippen LogP contribution in [-0.2, 0) is 4.79 Å². The van der Waals surface area contributed by atoms with Gasteiger partial charge < -0.3 is 10.5 Å². The van der Waals surface area contributed by atoms with E-state index in [9.17, 15) is 9.59 Å². The highest BCUT2D eigenvalue weighted by molar-refractivity contribution is 5.95. The zero-order valence-electron chi connectivity index (χ0n) is 8.81. The van der Waals surface area contributed by atoms with Crippen LogP contribution in [0.4, 0.5) is 0 Å². The highest BCUT2D eigenvalue weighted by Crippen LogP contribution is 2.30. The van der Waals surface area contributed by atoms with Gasteiger partial charge in [0.2, 0.25) is 0 Å². The number of rotatable bonds is 5. The monoisotopic (exact) mass is 219 g/mol. The molecule has 0 bridgehead atoms. The molecule has 4 heteroatoms. The molecule has 16 heavy (non-hydrogen) atoms. The molecule has 0 spiro atoms. The Balaban J connectivity index is 2.02. The Hall–Kier alpha value is -1.84. The van der Waals surface area contributed by atoms with E-state index < -0.39 is 5.91 Å². The van der Waals surface area contributed by atoms with Gasteiger partial charge in [-0.2, -0.15) is 0 Å². The lowest BCUT2D eigenvalue weighted by Gasteiger charge is -2.08. The normalized spacial score (nSPS) is 14.5. The number of amides is 1. The van der Waals surface area contributed by atoms with Crippen LogP contribution < -0.4 is 10.5 Å². The quantitative estimate of drug-likeness (QED) is 0.807. The van der Waals surface area contributed by atoms with E-state index in [2.05, 4.69) is 0 Å². The third-order valence-corrected chi connectivity index (χ3v) is 2.56. The molecule has 0 aliphatic heterocycles. The molecular weight excluding hydrogens is 206 g/mol. The Morgan fingerprint density at radius 1 is 1.31 bits per heavy atom. The van der Waals surface area contributed by atoms with Gasteiger partial charge in [-0.15, -0.1) is 0 Å². The highest BCUT2D eigenvalue weighted by Gasteiger charge is 2.29. The van der Waals surface area contributed by atoms with E-state index >= 15 is 0 Å². The van der Waals surface area contributed by atoms with Gasteiger partial charge in [-0.1, -0.05) is 12.1 Å². The van der Waals surface area contributed by atoms with E-state index in [1.165, 1.54) is 0 Å². The molecule has 0 saturated heterocycles. The molecule has 1 aromatic rings. The van der Waals surface area contributed by atoms with Crippen molar-refractivity contribution in [2.75, 3.05) is 6.61 Å². The Bertz CT molecular complexity index is 424. The number of Topliss-reactive ketones (excluding diaryl/α,β-unsaturated/α-hetero) is 1. The number of carbonyl (C=O) groups is 2. The van der Waals surface area contributed by atoms with Crippen molar-refractivity contribution in [1.82, 2.24) is 0 Å². The second-order valence-corrected chi connectivity index (χ2v) is 3.89. The van der Waals surface area contributed by atoms with Crippen molar-refractivity contribution in [3.05, 3.63) is 29.8 Å². The van der Waals surface area contributed by atoms with Gasteiger partial charge in [-0.25, -0.2) is 0 Å². The molecule has 0 radical (unpaired) electrons. The summed E-state index contributed by atoms with van der Waals surface area (Å²) < 4.78 is 5.31. The Labute approximate surface area is 93.4 Å². The molecule has 4 nitrogen and oxygen atoms in total. The molecule has 0 unspecified atom stereocenters. The summed E-state index contributed by atoms with van der Waals surface area (Å²) in [4.78, 5) is 22.5. The third kappa shape index (κ3) is 2.39. The number of hydrogen-bond acceptors (Lipinski definition) is 3. The summed E-state index contributed by atoms with van der Waals surface area (Å²) in [5, 5.41) is 0. The van der Waals surface area contributed by atoms with Gasteiger partial charge in [-0.3, -0.25) is 9.59 Å². The summed E-state index contributed by atoms with van der Waals surface area (Å²) >= 11 is 0. The number of benzene rings is 1. The van der Waals surface area contributed by atoms with Crippen molar-refractivity contribution in [1.29, 1.82) is 0 Å². The van der Waals surface area contributed by atoms with Crippen LogP contribution in [-0.4, -0.2) is 18.3 Å². The lowest BCUT2D eigenvalue weighted by molar-refractivity contribution is -0.122. The lowest BCUT2D eigenvalue weighted by atomic mass is 10.2. The molecule has 1 aliphatic rings. The molecule has 1 aliphatic carbocycles. The average Bonchev–Trinajstić information content (AvgIpc) is 3.10. The van der Waals surface area contributed by atoms with Gasteiger partial charge >= 0.3 is 0 Å². The van der Waals surface area contributed by atoms with Crippen LogP contribution in [0, 0.1) is 5.92 Å². The number of ether oxygens (including phenoxy) is 1. The smallest absolute Gasteiger partial charge is 0.252 e. The highest BCUT2D eigenvalue weighted by atomic mass is 16.5. The largest absolute Gasteiger partial charge is 0.485 e. The van der Waals surface area contributed by atoms with Gasteiger partial charge in [0.25, 0.3) is 5.91 Å². The predicted octanol–water partition coefficient (Wildman–Crippen LogP) is 1.14. The fourth-order valence-electron chi connectivity index (χ4n) is 1.47. The van der Waals surface area contributed by atoms with Gasteiger partial charge in [0.1, 0.15) is 12.4 Å². The number of nitrogens with two attached hydrogens (primary N) is 1. The van der Waals surface area contributed by atoms with E-state index in [1.54, 1.807) is 24.3 Å². The van der Waals surface area contributed by atoms with Crippen LogP contribution in [0.1, 0.15) is 23.2 Å². The van der Waals surface area contributed by atoms with E-state index in [-0.39, 0.29) is 18.3 Å². The molecule has 0 aromatic heterocycles. The first-order valence-electron chi connectivity index (χ1n) is 5.23. The van der Waals surface area contributed by atoms with E-state index in [1.807, 2.05) is 0 Å². The van der Waals surface area contributed by atoms with E-state index in [4.69, 9.17) is 10.5 Å². The van der Waals surface area contributed by atoms with E-state index in [0.29, 0.717) is 11.3 Å². The first-order chi connectivity index (χ1) is 7.68. The molecule has 1 amide bonds. The zero-order chi connectivity index (χ0) is 11.5. The van der Waals surface area contributed by atoms with Crippen LogP contribution in [0.2, 0.25) is 0 Å². The van der Waals surface area contributed by atoms with Gasteiger partial charge in [-0.05, 0) is 25.0 Å². The minimum atomic E-state index is -0.547. The molecule has 1 saturated carbocycles. The minimum Gasteiger partial charge on any atom is -0.485 e. The third-order valence-electron chi connectivity index (χ3n) is 2.56. The summed E-state index contributed by atoms with van der Waals surface area (Å²) in [6.45, 7) is 0.0228. The molecule has 2 rings (SSSR count). The summed E-state index contributed by atoms with van der Waals surface area (Å²) in [6.07, 6.45) is 1.92. The SMILES string of the molecule is NC(=O)c1ccccc1OCC(=O)C1CC1. The van der Waals surface area contributed by atoms with Gasteiger partial charge in [0.15, 0.2) is 5.78 Å². The molecule has 0 heterocycles. The first kappa shape index (κ1) is 10.7.